The molecule has 2 rings (SSSR count). The molecule has 1 aliphatic heterocycles. The maximum Gasteiger partial charge on any atom is 0.337 e. The summed E-state index contributed by atoms with van der Waals surface area (Å²) < 4.78 is 10.3. The van der Waals surface area contributed by atoms with E-state index in [2.05, 4.69) is 10.6 Å². The summed E-state index contributed by atoms with van der Waals surface area (Å²) in [6, 6.07) is 9.49. The topological polar surface area (TPSA) is 76.7 Å². The summed E-state index contributed by atoms with van der Waals surface area (Å²) in [6.07, 6.45) is 1.39. The van der Waals surface area contributed by atoms with Gasteiger partial charge in [0.2, 0.25) is 0 Å². The third kappa shape index (κ3) is 6.19. The molecule has 7 heteroatoms. The van der Waals surface area contributed by atoms with E-state index in [-0.39, 0.29) is 12.6 Å². The molecule has 0 fully saturated rings. The Labute approximate surface area is 152 Å². The summed E-state index contributed by atoms with van der Waals surface area (Å²) in [4.78, 5) is 23.8. The van der Waals surface area contributed by atoms with E-state index in [1.54, 1.807) is 6.92 Å². The molecule has 134 valence electrons. The number of ether oxygens (including phenoxy) is 2. The van der Waals surface area contributed by atoms with Crippen molar-refractivity contribution in [1.29, 1.82) is 0 Å². The smallest absolute Gasteiger partial charge is 0.337 e. The van der Waals surface area contributed by atoms with Crippen LogP contribution in [0.2, 0.25) is 0 Å². The van der Waals surface area contributed by atoms with Gasteiger partial charge in [0.05, 0.1) is 18.7 Å². The normalized spacial score (nSPS) is 13.7. The fraction of sp³-hybridized carbons (Fsp3) is 0.389. The van der Waals surface area contributed by atoms with Gasteiger partial charge in [-0.15, -0.1) is 0 Å². The van der Waals surface area contributed by atoms with Gasteiger partial charge in [0, 0.05) is 12.1 Å². The van der Waals surface area contributed by atoms with Crippen LogP contribution in [0, 0.1) is 0 Å². The molecular formula is C18H22N2O4S. The lowest BCUT2D eigenvalue weighted by Crippen LogP contribution is -2.43. The second-order valence-electron chi connectivity index (χ2n) is 5.49. The fourth-order valence-corrected chi connectivity index (χ4v) is 2.59. The second kappa shape index (κ2) is 9.78. The molecule has 1 aliphatic rings. The highest BCUT2D eigenvalue weighted by molar-refractivity contribution is 7.80. The quantitative estimate of drug-likeness (QED) is 0.542. The number of rotatable bonds is 8. The molecule has 0 aliphatic carbocycles. The van der Waals surface area contributed by atoms with Gasteiger partial charge in [-0.2, -0.15) is 0 Å². The third-order valence-corrected chi connectivity index (χ3v) is 3.87. The van der Waals surface area contributed by atoms with Crippen LogP contribution in [0.25, 0.3) is 0 Å². The van der Waals surface area contributed by atoms with Crippen molar-refractivity contribution < 1.29 is 19.1 Å². The maximum atomic E-state index is 12.4. The molecule has 0 atom stereocenters. The number of allylic oxidation sites excluding steroid dienone is 1. The first-order chi connectivity index (χ1) is 12.1. The van der Waals surface area contributed by atoms with Gasteiger partial charge in [0.1, 0.15) is 6.61 Å². The Bertz CT molecular complexity index is 658. The molecule has 1 aromatic carbocycles. The molecule has 1 heterocycles. The van der Waals surface area contributed by atoms with Crippen LogP contribution in [-0.4, -0.2) is 30.2 Å². The lowest BCUT2D eigenvalue weighted by atomic mass is 10.1. The van der Waals surface area contributed by atoms with Crippen LogP contribution in [-0.2, 0) is 25.7 Å². The molecule has 0 amide bonds. The van der Waals surface area contributed by atoms with E-state index < -0.39 is 5.97 Å². The molecule has 0 spiro atoms. The number of nitrogens with one attached hydrogen (secondary N) is 2. The van der Waals surface area contributed by atoms with E-state index in [0.29, 0.717) is 48.8 Å². The minimum absolute atomic E-state index is 0.212. The van der Waals surface area contributed by atoms with Gasteiger partial charge in [-0.3, -0.25) is 4.79 Å². The van der Waals surface area contributed by atoms with Gasteiger partial charge < -0.3 is 20.1 Å². The first-order valence-corrected chi connectivity index (χ1v) is 8.64. The number of hydrogen-bond donors (Lipinski definition) is 2. The zero-order valence-corrected chi connectivity index (χ0v) is 15.0. The minimum atomic E-state index is -0.391. The van der Waals surface area contributed by atoms with E-state index in [4.69, 9.17) is 21.7 Å². The standard InChI is InChI=1S/C18H22N2O4S/c1-2-23-16(21)10-6-9-15-14(11-19-18(25)20-15)17(22)24-12-13-7-4-3-5-8-13/h3-5,7-8H,2,6,9-12H2,1H3,(H2,19,20,25). The maximum absolute atomic E-state index is 12.4. The van der Waals surface area contributed by atoms with Gasteiger partial charge in [0.25, 0.3) is 0 Å². The van der Waals surface area contributed by atoms with Crippen LogP contribution >= 0.6 is 12.2 Å². The zero-order chi connectivity index (χ0) is 18.1. The Morgan fingerprint density at radius 2 is 1.96 bits per heavy atom. The lowest BCUT2D eigenvalue weighted by molar-refractivity contribution is -0.143. The molecule has 0 bridgehead atoms. The second-order valence-corrected chi connectivity index (χ2v) is 5.89. The lowest BCUT2D eigenvalue weighted by Gasteiger charge is -2.23. The van der Waals surface area contributed by atoms with Crippen LogP contribution in [0.15, 0.2) is 41.6 Å². The SMILES string of the molecule is CCOC(=O)CCCC1=C(C(=O)OCc2ccccc2)CNC(=S)N1. The average Bonchev–Trinajstić information content (AvgIpc) is 2.61. The van der Waals surface area contributed by atoms with Crippen LogP contribution in [0.1, 0.15) is 31.7 Å². The van der Waals surface area contributed by atoms with Crippen molar-refractivity contribution in [3.63, 3.8) is 0 Å². The molecule has 0 radical (unpaired) electrons. The van der Waals surface area contributed by atoms with Crippen molar-refractivity contribution >= 4 is 29.3 Å². The summed E-state index contributed by atoms with van der Waals surface area (Å²) >= 11 is 5.11. The highest BCUT2D eigenvalue weighted by Crippen LogP contribution is 2.15. The van der Waals surface area contributed by atoms with Crippen molar-refractivity contribution in [1.82, 2.24) is 10.6 Å². The highest BCUT2D eigenvalue weighted by atomic mass is 32.1. The van der Waals surface area contributed by atoms with Crippen LogP contribution < -0.4 is 10.6 Å². The Hall–Kier alpha value is -2.41. The van der Waals surface area contributed by atoms with Gasteiger partial charge >= 0.3 is 11.9 Å². The molecule has 6 nitrogen and oxygen atoms in total. The van der Waals surface area contributed by atoms with Crippen molar-refractivity contribution in [2.75, 3.05) is 13.2 Å². The third-order valence-electron chi connectivity index (χ3n) is 3.63. The van der Waals surface area contributed by atoms with E-state index in [1.165, 1.54) is 0 Å². The number of carbonyl (C=O) groups is 2. The predicted molar refractivity (Wildman–Crippen MR) is 97.5 cm³/mol. The van der Waals surface area contributed by atoms with Crippen LogP contribution in [0.5, 0.6) is 0 Å². The number of esters is 2. The summed E-state index contributed by atoms with van der Waals surface area (Å²) in [5, 5.41) is 6.39. The van der Waals surface area contributed by atoms with Gasteiger partial charge in [-0.05, 0) is 37.5 Å². The van der Waals surface area contributed by atoms with Gasteiger partial charge in [-0.25, -0.2) is 4.79 Å². The van der Waals surface area contributed by atoms with Crippen LogP contribution in [0.3, 0.4) is 0 Å². The summed E-state index contributed by atoms with van der Waals surface area (Å²) in [5.41, 5.74) is 2.13. The predicted octanol–water partition coefficient (Wildman–Crippen LogP) is 2.19. The Kier molecular flexibility index (Phi) is 7.40. The number of benzene rings is 1. The first-order valence-electron chi connectivity index (χ1n) is 8.23. The Morgan fingerprint density at radius 1 is 1.20 bits per heavy atom. The monoisotopic (exact) mass is 362 g/mol. The van der Waals surface area contributed by atoms with Gasteiger partial charge in [0.15, 0.2) is 5.11 Å². The Balaban J connectivity index is 1.95. The highest BCUT2D eigenvalue weighted by Gasteiger charge is 2.22. The first kappa shape index (κ1) is 18.9. The van der Waals surface area contributed by atoms with Crippen molar-refractivity contribution in [2.24, 2.45) is 0 Å². The number of thiocarbonyl (C=S) groups is 1. The van der Waals surface area contributed by atoms with E-state index in [1.807, 2.05) is 30.3 Å². The van der Waals surface area contributed by atoms with Crippen LogP contribution in [0.4, 0.5) is 0 Å². The minimum Gasteiger partial charge on any atom is -0.466 e. The molecular weight excluding hydrogens is 340 g/mol. The summed E-state index contributed by atoms with van der Waals surface area (Å²) in [7, 11) is 0. The molecule has 0 saturated carbocycles. The van der Waals surface area contributed by atoms with E-state index in [9.17, 15) is 9.59 Å². The number of carbonyl (C=O) groups excluding carboxylic acids is 2. The van der Waals surface area contributed by atoms with Crippen molar-refractivity contribution in [3.05, 3.63) is 47.2 Å². The molecule has 1 aromatic rings. The molecule has 25 heavy (non-hydrogen) atoms. The van der Waals surface area contributed by atoms with E-state index >= 15 is 0 Å². The van der Waals surface area contributed by atoms with Crippen molar-refractivity contribution in [2.45, 2.75) is 32.8 Å². The Morgan fingerprint density at radius 3 is 2.68 bits per heavy atom. The molecule has 0 aromatic heterocycles. The number of hydrogen-bond acceptors (Lipinski definition) is 5. The van der Waals surface area contributed by atoms with Crippen molar-refractivity contribution in [3.8, 4) is 0 Å². The summed E-state index contributed by atoms with van der Waals surface area (Å²) in [5.74, 6) is -0.634. The fourth-order valence-electron chi connectivity index (χ4n) is 2.39. The summed E-state index contributed by atoms with van der Waals surface area (Å²) in [6.45, 7) is 2.66. The zero-order valence-electron chi connectivity index (χ0n) is 14.2. The average molecular weight is 362 g/mol. The molecule has 0 unspecified atom stereocenters. The molecule has 0 saturated heterocycles. The molecule has 2 N–H and O–H groups in total. The van der Waals surface area contributed by atoms with E-state index in [0.717, 1.165) is 5.56 Å². The van der Waals surface area contributed by atoms with Gasteiger partial charge in [-0.1, -0.05) is 30.3 Å². The largest absolute Gasteiger partial charge is 0.466 e.